The summed E-state index contributed by atoms with van der Waals surface area (Å²) in [5.41, 5.74) is 0.414. The minimum absolute atomic E-state index is 0.148. The molecule has 0 spiro atoms. The molecule has 0 radical (unpaired) electrons. The Hall–Kier alpha value is -1.80. The molecule has 1 heterocycles. The molecule has 2 rings (SSSR count). The number of benzene rings is 1. The second-order valence-corrected chi connectivity index (χ2v) is 5.81. The Morgan fingerprint density at radius 3 is 2.62 bits per heavy atom. The molecule has 1 aromatic carbocycles. The number of likely N-dealkylation sites (N-methyl/N-ethyl adjacent to an activating group) is 1. The van der Waals surface area contributed by atoms with Crippen molar-refractivity contribution >= 4 is 11.6 Å². The van der Waals surface area contributed by atoms with Crippen molar-refractivity contribution in [2.45, 2.75) is 31.7 Å². The summed E-state index contributed by atoms with van der Waals surface area (Å²) >= 11 is 0. The molecule has 134 valence electrons. The zero-order valence-electron chi connectivity index (χ0n) is 13.4. The van der Waals surface area contributed by atoms with Crippen molar-refractivity contribution in [3.05, 3.63) is 24.3 Å². The van der Waals surface area contributed by atoms with Gasteiger partial charge in [-0.05, 0) is 50.6 Å². The van der Waals surface area contributed by atoms with Gasteiger partial charge in [0.05, 0.1) is 12.6 Å². The van der Waals surface area contributed by atoms with Crippen molar-refractivity contribution in [2.24, 2.45) is 0 Å². The number of ether oxygens (including phenoxy) is 2. The van der Waals surface area contributed by atoms with Crippen molar-refractivity contribution in [3.63, 3.8) is 0 Å². The van der Waals surface area contributed by atoms with Crippen LogP contribution in [0.1, 0.15) is 19.3 Å². The largest absolute Gasteiger partial charge is 0.573 e. The maximum atomic E-state index is 12.1. The van der Waals surface area contributed by atoms with E-state index in [1.807, 2.05) is 11.9 Å². The summed E-state index contributed by atoms with van der Waals surface area (Å²) in [7, 11) is 1.83. The van der Waals surface area contributed by atoms with Gasteiger partial charge in [0, 0.05) is 18.8 Å². The van der Waals surface area contributed by atoms with E-state index in [2.05, 4.69) is 10.1 Å². The lowest BCUT2D eigenvalue weighted by atomic mass is 10.1. The minimum Gasteiger partial charge on any atom is -0.406 e. The van der Waals surface area contributed by atoms with Gasteiger partial charge < -0.3 is 14.8 Å². The molecule has 1 saturated heterocycles. The van der Waals surface area contributed by atoms with Crippen LogP contribution >= 0.6 is 0 Å². The number of rotatable bonds is 6. The average molecular weight is 346 g/mol. The average Bonchev–Trinajstić information content (AvgIpc) is 2.48. The first-order valence-electron chi connectivity index (χ1n) is 7.77. The fourth-order valence-corrected chi connectivity index (χ4v) is 2.55. The van der Waals surface area contributed by atoms with Crippen LogP contribution in [0.3, 0.4) is 0 Å². The van der Waals surface area contributed by atoms with E-state index in [1.165, 1.54) is 12.1 Å². The normalized spacial score (nSPS) is 18.5. The first-order valence-corrected chi connectivity index (χ1v) is 7.77. The zero-order chi connectivity index (χ0) is 17.6. The highest BCUT2D eigenvalue weighted by atomic mass is 19.4. The van der Waals surface area contributed by atoms with Crippen LogP contribution in [0.25, 0.3) is 0 Å². The highest BCUT2D eigenvalue weighted by Gasteiger charge is 2.31. The minimum atomic E-state index is -4.73. The summed E-state index contributed by atoms with van der Waals surface area (Å²) in [6.07, 6.45) is -1.37. The molecule has 0 aromatic heterocycles. The first-order chi connectivity index (χ1) is 11.3. The molecule has 1 atom stereocenters. The van der Waals surface area contributed by atoms with Crippen molar-refractivity contribution in [3.8, 4) is 5.75 Å². The third kappa shape index (κ3) is 6.76. The number of amides is 1. The molecule has 0 bridgehead atoms. The summed E-state index contributed by atoms with van der Waals surface area (Å²) in [5.74, 6) is -0.565. The molecule has 1 aromatic rings. The van der Waals surface area contributed by atoms with Gasteiger partial charge >= 0.3 is 6.36 Å². The molecular weight excluding hydrogens is 325 g/mol. The second-order valence-electron chi connectivity index (χ2n) is 5.81. The van der Waals surface area contributed by atoms with Crippen LogP contribution < -0.4 is 10.1 Å². The Bertz CT molecular complexity index is 528. The fourth-order valence-electron chi connectivity index (χ4n) is 2.55. The third-order valence-electron chi connectivity index (χ3n) is 3.57. The number of nitrogens with zero attached hydrogens (tertiary/aromatic N) is 1. The van der Waals surface area contributed by atoms with Gasteiger partial charge in [-0.25, -0.2) is 0 Å². The molecule has 24 heavy (non-hydrogen) atoms. The fraction of sp³-hybridized carbons (Fsp3) is 0.562. The highest BCUT2D eigenvalue weighted by Crippen LogP contribution is 2.23. The van der Waals surface area contributed by atoms with Crippen LogP contribution in [0.15, 0.2) is 24.3 Å². The Morgan fingerprint density at radius 1 is 1.33 bits per heavy atom. The van der Waals surface area contributed by atoms with Crippen molar-refractivity contribution in [1.82, 2.24) is 4.90 Å². The molecule has 1 aliphatic rings. The number of hydrogen-bond donors (Lipinski definition) is 1. The number of hydrogen-bond acceptors (Lipinski definition) is 4. The Balaban J connectivity index is 1.76. The lowest BCUT2D eigenvalue weighted by Gasteiger charge is -2.27. The van der Waals surface area contributed by atoms with E-state index in [9.17, 15) is 18.0 Å². The van der Waals surface area contributed by atoms with Crippen LogP contribution in [-0.4, -0.2) is 50.0 Å². The number of carbonyl (C=O) groups is 1. The predicted molar refractivity (Wildman–Crippen MR) is 82.8 cm³/mol. The van der Waals surface area contributed by atoms with Gasteiger partial charge in [0.25, 0.3) is 0 Å². The molecule has 1 amide bonds. The summed E-state index contributed by atoms with van der Waals surface area (Å²) in [4.78, 5) is 13.8. The van der Waals surface area contributed by atoms with E-state index in [4.69, 9.17) is 4.74 Å². The quantitative estimate of drug-likeness (QED) is 0.860. The van der Waals surface area contributed by atoms with Gasteiger partial charge in [0.2, 0.25) is 5.91 Å². The number of anilines is 1. The summed E-state index contributed by atoms with van der Waals surface area (Å²) in [6.45, 7) is 1.61. The van der Waals surface area contributed by atoms with Crippen molar-refractivity contribution < 1.29 is 27.4 Å². The topological polar surface area (TPSA) is 50.8 Å². The molecule has 0 aliphatic carbocycles. The van der Waals surface area contributed by atoms with Crippen LogP contribution in [-0.2, 0) is 9.53 Å². The highest BCUT2D eigenvalue weighted by molar-refractivity contribution is 5.92. The van der Waals surface area contributed by atoms with Gasteiger partial charge in [-0.1, -0.05) is 0 Å². The van der Waals surface area contributed by atoms with Gasteiger partial charge in [-0.3, -0.25) is 9.69 Å². The third-order valence-corrected chi connectivity index (χ3v) is 3.57. The lowest BCUT2D eigenvalue weighted by Crippen LogP contribution is -2.37. The van der Waals surface area contributed by atoms with E-state index in [-0.39, 0.29) is 24.3 Å². The number of carbonyl (C=O) groups excluding carboxylic acids is 1. The number of nitrogens with one attached hydrogen (secondary N) is 1. The van der Waals surface area contributed by atoms with E-state index < -0.39 is 6.36 Å². The maximum Gasteiger partial charge on any atom is 0.573 e. The first kappa shape index (κ1) is 18.5. The van der Waals surface area contributed by atoms with E-state index in [1.54, 1.807) is 0 Å². The smallest absolute Gasteiger partial charge is 0.406 e. The van der Waals surface area contributed by atoms with Crippen LogP contribution in [0.5, 0.6) is 5.75 Å². The van der Waals surface area contributed by atoms with Crippen LogP contribution in [0.4, 0.5) is 18.9 Å². The van der Waals surface area contributed by atoms with E-state index in [0.29, 0.717) is 12.2 Å². The maximum absolute atomic E-state index is 12.1. The van der Waals surface area contributed by atoms with Crippen molar-refractivity contribution in [1.29, 1.82) is 0 Å². The number of halogens is 3. The second kappa shape index (κ2) is 8.34. The van der Waals surface area contributed by atoms with Crippen LogP contribution in [0, 0.1) is 0 Å². The zero-order valence-corrected chi connectivity index (χ0v) is 13.4. The summed E-state index contributed by atoms with van der Waals surface area (Å²) < 4.78 is 45.6. The molecule has 8 heteroatoms. The monoisotopic (exact) mass is 346 g/mol. The summed E-state index contributed by atoms with van der Waals surface area (Å²) in [5, 5.41) is 2.64. The van der Waals surface area contributed by atoms with Gasteiger partial charge in [0.15, 0.2) is 0 Å². The molecular formula is C16H21F3N2O3. The Kier molecular flexibility index (Phi) is 6.44. The molecule has 1 fully saturated rings. The molecule has 5 nitrogen and oxygen atoms in total. The summed E-state index contributed by atoms with van der Waals surface area (Å²) in [6, 6.07) is 5.04. The van der Waals surface area contributed by atoms with E-state index >= 15 is 0 Å². The van der Waals surface area contributed by atoms with Gasteiger partial charge in [-0.2, -0.15) is 0 Å². The molecule has 0 unspecified atom stereocenters. The van der Waals surface area contributed by atoms with Crippen molar-refractivity contribution in [2.75, 3.05) is 32.1 Å². The van der Waals surface area contributed by atoms with Crippen LogP contribution in [0.2, 0.25) is 0 Å². The SMILES string of the molecule is CN(CC(=O)Nc1ccc(OC(F)(F)F)cc1)C[C@H]1CCCCO1. The van der Waals surface area contributed by atoms with Gasteiger partial charge in [0.1, 0.15) is 5.75 Å². The van der Waals surface area contributed by atoms with Gasteiger partial charge in [-0.15, -0.1) is 13.2 Å². The standard InChI is InChI=1S/C16H21F3N2O3/c1-21(10-14-4-2-3-9-23-14)11-15(22)20-12-5-7-13(8-6-12)24-16(17,18)19/h5-8,14H,2-4,9-11H2,1H3,(H,20,22)/t14-/m1/s1. The predicted octanol–water partition coefficient (Wildman–Crippen LogP) is 3.02. The van der Waals surface area contributed by atoms with E-state index in [0.717, 1.165) is 38.0 Å². The Labute approximate surface area is 138 Å². The molecule has 1 aliphatic heterocycles. The molecule has 1 N–H and O–H groups in total. The lowest BCUT2D eigenvalue weighted by molar-refractivity contribution is -0.274. The molecule has 0 saturated carbocycles. The Morgan fingerprint density at radius 2 is 2.04 bits per heavy atom. The number of alkyl halides is 3.